The van der Waals surface area contributed by atoms with Crippen LogP contribution in [0.3, 0.4) is 0 Å². The zero-order chi connectivity index (χ0) is 28.6. The van der Waals surface area contributed by atoms with Crippen molar-refractivity contribution in [3.63, 3.8) is 0 Å². The Hall–Kier alpha value is -3.35. The third-order valence-corrected chi connectivity index (χ3v) is 9.45. The molecular formula is C28H34N6O3S2. The summed E-state index contributed by atoms with van der Waals surface area (Å²) >= 11 is 1.47. The van der Waals surface area contributed by atoms with Crippen molar-refractivity contribution < 1.29 is 13.2 Å². The number of thiazole rings is 1. The van der Waals surface area contributed by atoms with Crippen molar-refractivity contribution in [1.29, 1.82) is 10.5 Å². The SMILES string of the molecule is CCN(CC)CCN(C(=O)c1ccc(S(=O)(=O)N(CCC#N)CCC#N)cc1)c1nc2c(C)cc(C)cc2s1. The fourth-order valence-electron chi connectivity index (χ4n) is 4.32. The van der Waals surface area contributed by atoms with Crippen molar-refractivity contribution in [2.24, 2.45) is 0 Å². The van der Waals surface area contributed by atoms with Crippen LogP contribution in [0.2, 0.25) is 0 Å². The van der Waals surface area contributed by atoms with Gasteiger partial charge in [0.15, 0.2) is 5.13 Å². The number of anilines is 1. The topological polar surface area (TPSA) is 121 Å². The lowest BCUT2D eigenvalue weighted by atomic mass is 10.1. The van der Waals surface area contributed by atoms with Gasteiger partial charge in [-0.2, -0.15) is 14.8 Å². The highest BCUT2D eigenvalue weighted by atomic mass is 32.2. The van der Waals surface area contributed by atoms with Crippen LogP contribution in [-0.4, -0.2) is 67.8 Å². The van der Waals surface area contributed by atoms with Crippen LogP contribution in [0, 0.1) is 36.5 Å². The molecule has 0 spiro atoms. The summed E-state index contributed by atoms with van der Waals surface area (Å²) in [6.07, 6.45) is 0.0355. The first-order valence-corrected chi connectivity index (χ1v) is 15.2. The van der Waals surface area contributed by atoms with Crippen LogP contribution in [0.4, 0.5) is 5.13 Å². The average Bonchev–Trinajstić information content (AvgIpc) is 3.35. The molecular weight excluding hydrogens is 532 g/mol. The van der Waals surface area contributed by atoms with Crippen molar-refractivity contribution in [3.8, 4) is 12.1 Å². The number of amides is 1. The van der Waals surface area contributed by atoms with E-state index in [1.807, 2.05) is 26.0 Å². The summed E-state index contributed by atoms with van der Waals surface area (Å²) < 4.78 is 28.5. The molecule has 0 aliphatic carbocycles. The standard InChI is InChI=1S/C28H34N6O3S2/c1-5-32(6-2)17-18-34(28-31-26-22(4)19-21(3)20-25(26)38-28)27(35)23-9-11-24(12-10-23)39(36,37)33(15-7-13-29)16-8-14-30/h9-12,19-20H,5-8,15-18H2,1-4H3. The molecule has 3 aromatic rings. The number of rotatable bonds is 13. The lowest BCUT2D eigenvalue weighted by Gasteiger charge is -2.25. The summed E-state index contributed by atoms with van der Waals surface area (Å²) in [5.41, 5.74) is 3.40. The van der Waals surface area contributed by atoms with E-state index >= 15 is 0 Å². The van der Waals surface area contributed by atoms with Gasteiger partial charge in [0, 0.05) is 44.6 Å². The van der Waals surface area contributed by atoms with Gasteiger partial charge in [-0.1, -0.05) is 31.3 Å². The van der Waals surface area contributed by atoms with Crippen molar-refractivity contribution >= 4 is 42.6 Å². The van der Waals surface area contributed by atoms with Crippen LogP contribution >= 0.6 is 11.3 Å². The maximum Gasteiger partial charge on any atom is 0.260 e. The number of sulfonamides is 1. The summed E-state index contributed by atoms with van der Waals surface area (Å²) in [4.78, 5) is 22.5. The highest BCUT2D eigenvalue weighted by Crippen LogP contribution is 2.32. The van der Waals surface area contributed by atoms with Crippen LogP contribution in [-0.2, 0) is 10.0 Å². The lowest BCUT2D eigenvalue weighted by Crippen LogP contribution is -2.39. The third kappa shape index (κ3) is 7.20. The maximum absolute atomic E-state index is 13.8. The highest BCUT2D eigenvalue weighted by Gasteiger charge is 2.26. The zero-order valence-corrected chi connectivity index (χ0v) is 24.5. The summed E-state index contributed by atoms with van der Waals surface area (Å²) in [6, 6.07) is 13.9. The maximum atomic E-state index is 13.8. The Morgan fingerprint density at radius 2 is 1.56 bits per heavy atom. The molecule has 206 valence electrons. The quantitative estimate of drug-likeness (QED) is 0.293. The molecule has 0 bridgehead atoms. The molecule has 2 aromatic carbocycles. The molecule has 9 nitrogen and oxygen atoms in total. The van der Waals surface area contributed by atoms with E-state index in [2.05, 4.69) is 30.9 Å². The second kappa shape index (κ2) is 13.6. The fraction of sp³-hybridized carbons (Fsp3) is 0.429. The molecule has 0 aliphatic rings. The number of aromatic nitrogens is 1. The van der Waals surface area contributed by atoms with Gasteiger partial charge in [-0.15, -0.1) is 0 Å². The second-order valence-electron chi connectivity index (χ2n) is 9.15. The number of carbonyl (C=O) groups is 1. The molecule has 0 atom stereocenters. The Morgan fingerprint density at radius 1 is 0.949 bits per heavy atom. The normalized spacial score (nSPS) is 11.6. The van der Waals surface area contributed by atoms with Gasteiger partial charge < -0.3 is 4.90 Å². The van der Waals surface area contributed by atoms with E-state index in [0.717, 1.165) is 38.7 Å². The second-order valence-corrected chi connectivity index (χ2v) is 12.1. The summed E-state index contributed by atoms with van der Waals surface area (Å²) in [7, 11) is -3.93. The van der Waals surface area contributed by atoms with E-state index in [1.165, 1.54) is 35.6 Å². The van der Waals surface area contributed by atoms with Crippen molar-refractivity contribution in [3.05, 3.63) is 53.1 Å². The smallest absolute Gasteiger partial charge is 0.260 e. The highest BCUT2D eigenvalue weighted by molar-refractivity contribution is 7.89. The lowest BCUT2D eigenvalue weighted by molar-refractivity contribution is 0.0983. The van der Waals surface area contributed by atoms with Gasteiger partial charge in [-0.05, 0) is 68.4 Å². The van der Waals surface area contributed by atoms with Crippen LogP contribution < -0.4 is 4.90 Å². The number of nitrogens with zero attached hydrogens (tertiary/aromatic N) is 6. The molecule has 3 rings (SSSR count). The van der Waals surface area contributed by atoms with E-state index < -0.39 is 10.0 Å². The molecule has 39 heavy (non-hydrogen) atoms. The Kier molecular flexibility index (Phi) is 10.6. The van der Waals surface area contributed by atoms with Crippen LogP contribution in [0.1, 0.15) is 48.2 Å². The minimum absolute atomic E-state index is 0.00315. The van der Waals surface area contributed by atoms with E-state index in [9.17, 15) is 13.2 Å². The molecule has 0 saturated heterocycles. The molecule has 0 aliphatic heterocycles. The first-order chi connectivity index (χ1) is 18.7. The van der Waals surface area contributed by atoms with Crippen molar-refractivity contribution in [1.82, 2.24) is 14.2 Å². The van der Waals surface area contributed by atoms with E-state index in [0.29, 0.717) is 23.8 Å². The molecule has 0 N–H and O–H groups in total. The third-order valence-electron chi connectivity index (χ3n) is 6.51. The van der Waals surface area contributed by atoms with E-state index in [4.69, 9.17) is 15.5 Å². The first-order valence-electron chi connectivity index (χ1n) is 12.9. The Bertz CT molecular complexity index is 1460. The number of aryl methyl sites for hydroxylation is 2. The fourth-order valence-corrected chi connectivity index (χ4v) is 6.92. The number of likely N-dealkylation sites (N-methyl/N-ethyl adjacent to an activating group) is 1. The molecule has 0 radical (unpaired) electrons. The Morgan fingerprint density at radius 3 is 2.13 bits per heavy atom. The molecule has 1 heterocycles. The number of nitriles is 2. The Balaban J connectivity index is 1.94. The van der Waals surface area contributed by atoms with Gasteiger partial charge in [0.1, 0.15) is 0 Å². The molecule has 1 amide bonds. The summed E-state index contributed by atoms with van der Waals surface area (Å²) in [6.45, 7) is 11.0. The minimum Gasteiger partial charge on any atom is -0.302 e. The molecule has 0 fully saturated rings. The summed E-state index contributed by atoms with van der Waals surface area (Å²) in [5.74, 6) is -0.259. The predicted molar refractivity (Wildman–Crippen MR) is 154 cm³/mol. The van der Waals surface area contributed by atoms with Gasteiger partial charge in [-0.3, -0.25) is 9.69 Å². The predicted octanol–water partition coefficient (Wildman–Crippen LogP) is 4.72. The monoisotopic (exact) mass is 566 g/mol. The number of fused-ring (bicyclic) bond motifs is 1. The minimum atomic E-state index is -3.93. The van der Waals surface area contributed by atoms with Gasteiger partial charge in [-0.25, -0.2) is 13.4 Å². The van der Waals surface area contributed by atoms with Crippen LogP contribution in [0.25, 0.3) is 10.2 Å². The van der Waals surface area contributed by atoms with E-state index in [-0.39, 0.29) is 36.7 Å². The first kappa shape index (κ1) is 30.2. The average molecular weight is 567 g/mol. The number of hydrogen-bond donors (Lipinski definition) is 0. The van der Waals surface area contributed by atoms with Crippen LogP contribution in [0.15, 0.2) is 41.3 Å². The van der Waals surface area contributed by atoms with Gasteiger partial charge in [0.25, 0.3) is 5.91 Å². The Labute approximate surface area is 234 Å². The zero-order valence-electron chi connectivity index (χ0n) is 22.8. The van der Waals surface area contributed by atoms with Gasteiger partial charge in [0.2, 0.25) is 10.0 Å². The van der Waals surface area contributed by atoms with Crippen LogP contribution in [0.5, 0.6) is 0 Å². The number of hydrogen-bond acceptors (Lipinski definition) is 8. The van der Waals surface area contributed by atoms with Crippen molar-refractivity contribution in [2.75, 3.05) is 44.2 Å². The number of benzene rings is 2. The molecule has 0 unspecified atom stereocenters. The van der Waals surface area contributed by atoms with Gasteiger partial charge >= 0.3 is 0 Å². The largest absolute Gasteiger partial charge is 0.302 e. The van der Waals surface area contributed by atoms with Crippen molar-refractivity contribution in [2.45, 2.75) is 45.4 Å². The van der Waals surface area contributed by atoms with Gasteiger partial charge in [0.05, 0.1) is 27.3 Å². The van der Waals surface area contributed by atoms with E-state index in [1.54, 1.807) is 4.90 Å². The molecule has 0 saturated carbocycles. The molecule has 1 aromatic heterocycles. The number of carbonyl (C=O) groups excluding carboxylic acids is 1. The molecule has 11 heteroatoms. The summed E-state index contributed by atoms with van der Waals surface area (Å²) in [5, 5.41) is 18.4.